The minimum Gasteiger partial charge on any atom is -0.383 e. The van der Waals surface area contributed by atoms with Crippen LogP contribution in [-0.4, -0.2) is 44.2 Å². The first-order valence-corrected chi connectivity index (χ1v) is 4.24. The van der Waals surface area contributed by atoms with Crippen LogP contribution in [0, 0.1) is 5.92 Å². The number of nitrogens with two attached hydrogens (primary N) is 1. The highest BCUT2D eigenvalue weighted by atomic mass is 16.5. The molecule has 2 N–H and O–H groups in total. The maximum Gasteiger partial charge on any atom is 0.223 e. The molecule has 0 aromatic rings. The van der Waals surface area contributed by atoms with Crippen LogP contribution in [0.25, 0.3) is 0 Å². The molecule has 4 nitrogen and oxygen atoms in total. The fraction of sp³-hybridized carbons (Fsp3) is 0.875. The van der Waals surface area contributed by atoms with Gasteiger partial charge in [-0.05, 0) is 12.5 Å². The summed E-state index contributed by atoms with van der Waals surface area (Å²) in [7, 11) is 1.64. The van der Waals surface area contributed by atoms with Crippen LogP contribution in [-0.2, 0) is 9.53 Å². The van der Waals surface area contributed by atoms with Gasteiger partial charge in [0.25, 0.3) is 0 Å². The lowest BCUT2D eigenvalue weighted by Crippen LogP contribution is -2.29. The third-order valence-corrected chi connectivity index (χ3v) is 2.19. The first kappa shape index (κ1) is 9.48. The number of rotatable bonds is 4. The molecule has 1 amide bonds. The predicted octanol–water partition coefficient (Wildman–Crippen LogP) is -0.560. The number of nitrogens with zero attached hydrogens (tertiary/aromatic N) is 1. The first-order valence-electron chi connectivity index (χ1n) is 4.24. The minimum absolute atomic E-state index is 0.211. The second kappa shape index (κ2) is 4.42. The summed E-state index contributed by atoms with van der Waals surface area (Å²) in [5.41, 5.74) is 5.48. The monoisotopic (exact) mass is 172 g/mol. The van der Waals surface area contributed by atoms with Crippen LogP contribution in [0.4, 0.5) is 0 Å². The van der Waals surface area contributed by atoms with Gasteiger partial charge < -0.3 is 15.4 Å². The third kappa shape index (κ3) is 2.19. The lowest BCUT2D eigenvalue weighted by molar-refractivity contribution is -0.128. The van der Waals surface area contributed by atoms with Crippen LogP contribution in [0.3, 0.4) is 0 Å². The Balaban J connectivity index is 2.31. The summed E-state index contributed by atoms with van der Waals surface area (Å²) in [6.07, 6.45) is 0.611. The van der Waals surface area contributed by atoms with Gasteiger partial charge in [0.1, 0.15) is 0 Å². The molecule has 0 bridgehead atoms. The second-order valence-electron chi connectivity index (χ2n) is 3.14. The van der Waals surface area contributed by atoms with Crippen molar-refractivity contribution < 1.29 is 9.53 Å². The van der Waals surface area contributed by atoms with Gasteiger partial charge in [-0.15, -0.1) is 0 Å². The van der Waals surface area contributed by atoms with Crippen LogP contribution >= 0.6 is 0 Å². The number of carbonyl (C=O) groups is 1. The van der Waals surface area contributed by atoms with Crippen LogP contribution in [0.2, 0.25) is 0 Å². The third-order valence-electron chi connectivity index (χ3n) is 2.19. The number of hydrogen-bond donors (Lipinski definition) is 1. The number of carbonyl (C=O) groups excluding carboxylic acids is 1. The lowest BCUT2D eigenvalue weighted by atomic mass is 10.1. The van der Waals surface area contributed by atoms with Gasteiger partial charge in [-0.2, -0.15) is 0 Å². The summed E-state index contributed by atoms with van der Waals surface area (Å²) in [5.74, 6) is 0.567. The SMILES string of the molecule is COCCN1CC(CN)CC1=O. The fourth-order valence-electron chi connectivity index (χ4n) is 1.43. The molecule has 1 aliphatic rings. The normalized spacial score (nSPS) is 23.7. The number of hydrogen-bond acceptors (Lipinski definition) is 3. The van der Waals surface area contributed by atoms with Crippen molar-refractivity contribution in [2.45, 2.75) is 6.42 Å². The molecule has 1 fully saturated rings. The Hall–Kier alpha value is -0.610. The maximum absolute atomic E-state index is 11.3. The molecular weight excluding hydrogens is 156 g/mol. The fourth-order valence-corrected chi connectivity index (χ4v) is 1.43. The molecule has 0 saturated carbocycles. The Bertz CT molecular complexity index is 161. The number of ether oxygens (including phenoxy) is 1. The van der Waals surface area contributed by atoms with Gasteiger partial charge >= 0.3 is 0 Å². The molecule has 1 saturated heterocycles. The van der Waals surface area contributed by atoms with E-state index in [1.165, 1.54) is 0 Å². The summed E-state index contributed by atoms with van der Waals surface area (Å²) >= 11 is 0. The Kier molecular flexibility index (Phi) is 3.49. The molecule has 70 valence electrons. The molecule has 1 unspecified atom stereocenters. The molecule has 0 radical (unpaired) electrons. The summed E-state index contributed by atoms with van der Waals surface area (Å²) in [5, 5.41) is 0. The molecule has 0 spiro atoms. The summed E-state index contributed by atoms with van der Waals surface area (Å²) in [4.78, 5) is 13.1. The minimum atomic E-state index is 0.211. The van der Waals surface area contributed by atoms with E-state index in [9.17, 15) is 4.79 Å². The molecule has 1 heterocycles. The van der Waals surface area contributed by atoms with E-state index >= 15 is 0 Å². The Morgan fingerprint density at radius 2 is 2.50 bits per heavy atom. The molecule has 1 atom stereocenters. The molecule has 1 rings (SSSR count). The van der Waals surface area contributed by atoms with E-state index < -0.39 is 0 Å². The van der Waals surface area contributed by atoms with Crippen LogP contribution < -0.4 is 5.73 Å². The Morgan fingerprint density at radius 3 is 3.00 bits per heavy atom. The topological polar surface area (TPSA) is 55.6 Å². The zero-order valence-corrected chi connectivity index (χ0v) is 7.45. The highest BCUT2D eigenvalue weighted by Gasteiger charge is 2.27. The molecule has 12 heavy (non-hydrogen) atoms. The van der Waals surface area contributed by atoms with Crippen LogP contribution in [0.5, 0.6) is 0 Å². The summed E-state index contributed by atoms with van der Waals surface area (Å²) < 4.78 is 4.90. The van der Waals surface area contributed by atoms with Gasteiger partial charge in [0, 0.05) is 26.6 Å². The van der Waals surface area contributed by atoms with Crippen LogP contribution in [0.1, 0.15) is 6.42 Å². The molecule has 1 aliphatic heterocycles. The smallest absolute Gasteiger partial charge is 0.223 e. The van der Waals surface area contributed by atoms with Crippen molar-refractivity contribution in [3.8, 4) is 0 Å². The van der Waals surface area contributed by atoms with Gasteiger partial charge in [0.15, 0.2) is 0 Å². The van der Waals surface area contributed by atoms with Gasteiger partial charge in [-0.3, -0.25) is 4.79 Å². The highest BCUT2D eigenvalue weighted by molar-refractivity contribution is 5.78. The van der Waals surface area contributed by atoms with Crippen molar-refractivity contribution in [1.29, 1.82) is 0 Å². The van der Waals surface area contributed by atoms with E-state index in [-0.39, 0.29) is 5.91 Å². The Labute approximate surface area is 72.7 Å². The van der Waals surface area contributed by atoms with Crippen molar-refractivity contribution in [2.75, 3.05) is 33.4 Å². The quantitative estimate of drug-likeness (QED) is 0.618. The lowest BCUT2D eigenvalue weighted by Gasteiger charge is -2.15. The van der Waals surface area contributed by atoms with E-state index in [0.29, 0.717) is 32.0 Å². The maximum atomic E-state index is 11.3. The first-order chi connectivity index (χ1) is 5.77. The average Bonchev–Trinajstić information content (AvgIpc) is 2.43. The number of likely N-dealkylation sites (tertiary alicyclic amines) is 1. The van der Waals surface area contributed by atoms with Gasteiger partial charge in [-0.25, -0.2) is 0 Å². The van der Waals surface area contributed by atoms with E-state index in [4.69, 9.17) is 10.5 Å². The van der Waals surface area contributed by atoms with Crippen molar-refractivity contribution in [3.05, 3.63) is 0 Å². The van der Waals surface area contributed by atoms with Crippen molar-refractivity contribution in [3.63, 3.8) is 0 Å². The number of methoxy groups -OCH3 is 1. The number of amides is 1. The summed E-state index contributed by atoms with van der Waals surface area (Å²) in [6.45, 7) is 2.72. The molecule has 0 aromatic carbocycles. The van der Waals surface area contributed by atoms with E-state index in [1.807, 2.05) is 4.90 Å². The molecule has 4 heteroatoms. The standard InChI is InChI=1S/C8H16N2O2/c1-12-3-2-10-6-7(5-9)4-8(10)11/h7H,2-6,9H2,1H3. The van der Waals surface area contributed by atoms with E-state index in [1.54, 1.807) is 7.11 Å². The zero-order valence-electron chi connectivity index (χ0n) is 7.45. The molecular formula is C8H16N2O2. The van der Waals surface area contributed by atoms with E-state index in [0.717, 1.165) is 6.54 Å². The van der Waals surface area contributed by atoms with Gasteiger partial charge in [0.2, 0.25) is 5.91 Å². The Morgan fingerprint density at radius 1 is 1.75 bits per heavy atom. The summed E-state index contributed by atoms with van der Waals surface area (Å²) in [6, 6.07) is 0. The van der Waals surface area contributed by atoms with Crippen molar-refractivity contribution in [2.24, 2.45) is 11.7 Å². The van der Waals surface area contributed by atoms with E-state index in [2.05, 4.69) is 0 Å². The molecule has 0 aliphatic carbocycles. The molecule has 0 aromatic heterocycles. The van der Waals surface area contributed by atoms with Gasteiger partial charge in [-0.1, -0.05) is 0 Å². The van der Waals surface area contributed by atoms with Crippen molar-refractivity contribution >= 4 is 5.91 Å². The highest BCUT2D eigenvalue weighted by Crippen LogP contribution is 2.15. The average molecular weight is 172 g/mol. The van der Waals surface area contributed by atoms with Gasteiger partial charge in [0.05, 0.1) is 6.61 Å². The largest absolute Gasteiger partial charge is 0.383 e. The van der Waals surface area contributed by atoms with Crippen LogP contribution in [0.15, 0.2) is 0 Å². The van der Waals surface area contributed by atoms with Crippen molar-refractivity contribution in [1.82, 2.24) is 4.90 Å². The predicted molar refractivity (Wildman–Crippen MR) is 45.6 cm³/mol. The second-order valence-corrected chi connectivity index (χ2v) is 3.14. The zero-order chi connectivity index (χ0) is 8.97.